The monoisotopic (exact) mass is 361 g/mol. The van der Waals surface area contributed by atoms with Gasteiger partial charge in [0.15, 0.2) is 5.75 Å². The topological polar surface area (TPSA) is 38.8 Å². The maximum atomic E-state index is 11.9. The minimum absolute atomic E-state index is 0.0858. The van der Waals surface area contributed by atoms with Crippen LogP contribution in [0.5, 0.6) is 5.75 Å². The fourth-order valence-corrected chi connectivity index (χ4v) is 2.36. The van der Waals surface area contributed by atoms with E-state index in [1.807, 2.05) is 27.7 Å². The van der Waals surface area contributed by atoms with E-state index >= 15 is 0 Å². The van der Waals surface area contributed by atoms with Crippen molar-refractivity contribution in [2.75, 3.05) is 13.6 Å². The molecule has 23 heavy (non-hydrogen) atoms. The summed E-state index contributed by atoms with van der Waals surface area (Å²) in [5.41, 5.74) is -0.503. The fraction of sp³-hybridized carbons (Fsp3) is 0.588. The molecule has 1 aromatic rings. The Hall–Kier alpha value is -1.13. The fourth-order valence-electron chi connectivity index (χ4n) is 1.88. The molecule has 1 atom stereocenters. The Kier molecular flexibility index (Phi) is 7.49. The molecule has 0 bridgehead atoms. The molecule has 0 N–H and O–H groups in total. The van der Waals surface area contributed by atoms with Gasteiger partial charge >= 0.3 is 6.09 Å². The summed E-state index contributed by atoms with van der Waals surface area (Å²) in [5.74, 6) is 0.489. The lowest BCUT2D eigenvalue weighted by Gasteiger charge is -2.26. The quantitative estimate of drug-likeness (QED) is 0.679. The third kappa shape index (κ3) is 6.88. The molecule has 1 rings (SSSR count). The molecule has 0 aliphatic heterocycles. The number of para-hydroxylation sites is 1. The molecular formula is C17H25Cl2NO3. The van der Waals surface area contributed by atoms with Gasteiger partial charge in [-0.1, -0.05) is 36.2 Å². The lowest BCUT2D eigenvalue weighted by Crippen LogP contribution is -2.36. The van der Waals surface area contributed by atoms with E-state index in [0.29, 0.717) is 28.8 Å². The van der Waals surface area contributed by atoms with E-state index in [9.17, 15) is 4.79 Å². The summed E-state index contributed by atoms with van der Waals surface area (Å²) in [7, 11) is 1.71. The Bertz CT molecular complexity index is 509. The number of carbonyl (C=O) groups excluding carboxylic acids is 1. The molecule has 1 unspecified atom stereocenters. The number of amides is 1. The predicted molar refractivity (Wildman–Crippen MR) is 94.7 cm³/mol. The van der Waals surface area contributed by atoms with E-state index in [1.54, 1.807) is 30.1 Å². The molecule has 130 valence electrons. The van der Waals surface area contributed by atoms with Gasteiger partial charge in [-0.15, -0.1) is 0 Å². The minimum Gasteiger partial charge on any atom is -0.487 e. The molecule has 6 heteroatoms. The third-order valence-corrected chi connectivity index (χ3v) is 3.75. The van der Waals surface area contributed by atoms with Gasteiger partial charge in [0.05, 0.1) is 10.0 Å². The highest BCUT2D eigenvalue weighted by atomic mass is 35.5. The van der Waals surface area contributed by atoms with Crippen molar-refractivity contribution in [2.45, 2.75) is 52.2 Å². The van der Waals surface area contributed by atoms with Crippen LogP contribution in [-0.4, -0.2) is 36.3 Å². The zero-order chi connectivity index (χ0) is 17.6. The van der Waals surface area contributed by atoms with Gasteiger partial charge in [-0.25, -0.2) is 4.79 Å². The minimum atomic E-state index is -0.503. The second kappa shape index (κ2) is 8.65. The number of benzene rings is 1. The van der Waals surface area contributed by atoms with Crippen molar-refractivity contribution in [1.29, 1.82) is 0 Å². The van der Waals surface area contributed by atoms with Gasteiger partial charge in [-0.3, -0.25) is 0 Å². The van der Waals surface area contributed by atoms with Crippen LogP contribution in [0.2, 0.25) is 10.0 Å². The molecule has 1 amide bonds. The molecular weight excluding hydrogens is 337 g/mol. The van der Waals surface area contributed by atoms with E-state index in [1.165, 1.54) is 0 Å². The number of ether oxygens (including phenoxy) is 2. The smallest absolute Gasteiger partial charge is 0.410 e. The number of hydrogen-bond donors (Lipinski definition) is 0. The second-order valence-corrected chi connectivity index (χ2v) is 7.20. The van der Waals surface area contributed by atoms with Crippen LogP contribution in [0.15, 0.2) is 18.2 Å². The predicted octanol–water partition coefficient (Wildman–Crippen LogP) is 5.41. The lowest BCUT2D eigenvalue weighted by atomic mass is 10.2. The molecule has 4 nitrogen and oxygen atoms in total. The van der Waals surface area contributed by atoms with Crippen molar-refractivity contribution in [3.63, 3.8) is 0 Å². The van der Waals surface area contributed by atoms with Crippen LogP contribution in [0.25, 0.3) is 0 Å². The molecule has 0 fully saturated rings. The molecule has 0 aromatic heterocycles. The summed E-state index contributed by atoms with van der Waals surface area (Å²) < 4.78 is 11.2. The largest absolute Gasteiger partial charge is 0.487 e. The van der Waals surface area contributed by atoms with Gasteiger partial charge in [0, 0.05) is 20.0 Å². The maximum absolute atomic E-state index is 11.9. The highest BCUT2D eigenvalue weighted by Gasteiger charge is 2.21. The Morgan fingerprint density at radius 3 is 2.30 bits per heavy atom. The van der Waals surface area contributed by atoms with E-state index in [4.69, 9.17) is 32.7 Å². The van der Waals surface area contributed by atoms with E-state index in [-0.39, 0.29) is 12.2 Å². The number of carbonyl (C=O) groups is 1. The number of halogens is 2. The summed E-state index contributed by atoms with van der Waals surface area (Å²) >= 11 is 12.2. The summed E-state index contributed by atoms with van der Waals surface area (Å²) in [4.78, 5) is 13.5. The van der Waals surface area contributed by atoms with Crippen LogP contribution in [0.1, 0.15) is 40.5 Å². The Labute approximate surface area is 148 Å². The van der Waals surface area contributed by atoms with Gasteiger partial charge < -0.3 is 14.4 Å². The first kappa shape index (κ1) is 19.9. The number of hydrogen-bond acceptors (Lipinski definition) is 3. The lowest BCUT2D eigenvalue weighted by molar-refractivity contribution is 0.0278. The molecule has 0 spiro atoms. The van der Waals surface area contributed by atoms with Crippen molar-refractivity contribution in [1.82, 2.24) is 4.90 Å². The van der Waals surface area contributed by atoms with Crippen LogP contribution in [-0.2, 0) is 4.74 Å². The molecule has 0 aliphatic rings. The van der Waals surface area contributed by atoms with Crippen LogP contribution in [0, 0.1) is 0 Å². The zero-order valence-electron chi connectivity index (χ0n) is 14.4. The SMILES string of the molecule is CCC(CCN(C)C(=O)OC(C)(C)C)Oc1c(Cl)cccc1Cl. The van der Waals surface area contributed by atoms with Gasteiger partial charge in [0.1, 0.15) is 11.7 Å². The van der Waals surface area contributed by atoms with Crippen molar-refractivity contribution in [2.24, 2.45) is 0 Å². The van der Waals surface area contributed by atoms with E-state index in [0.717, 1.165) is 6.42 Å². The van der Waals surface area contributed by atoms with E-state index in [2.05, 4.69) is 0 Å². The van der Waals surface area contributed by atoms with Crippen LogP contribution in [0.4, 0.5) is 4.79 Å². The van der Waals surface area contributed by atoms with Crippen molar-refractivity contribution in [3.05, 3.63) is 28.2 Å². The van der Waals surface area contributed by atoms with Crippen LogP contribution < -0.4 is 4.74 Å². The van der Waals surface area contributed by atoms with Crippen molar-refractivity contribution in [3.8, 4) is 5.75 Å². The molecule has 1 aromatic carbocycles. The summed E-state index contributed by atoms with van der Waals surface area (Å²) in [5, 5.41) is 0.966. The van der Waals surface area contributed by atoms with Crippen molar-refractivity contribution < 1.29 is 14.3 Å². The Balaban J connectivity index is 2.59. The molecule has 0 heterocycles. The van der Waals surface area contributed by atoms with Crippen LogP contribution >= 0.6 is 23.2 Å². The van der Waals surface area contributed by atoms with Crippen molar-refractivity contribution >= 4 is 29.3 Å². The summed E-state index contributed by atoms with van der Waals surface area (Å²) in [6, 6.07) is 5.25. The van der Waals surface area contributed by atoms with E-state index < -0.39 is 5.60 Å². The second-order valence-electron chi connectivity index (χ2n) is 6.39. The molecule has 0 saturated carbocycles. The molecule has 0 aliphatic carbocycles. The highest BCUT2D eigenvalue weighted by Crippen LogP contribution is 2.33. The summed E-state index contributed by atoms with van der Waals surface area (Å²) in [6.07, 6.45) is 1.01. The van der Waals surface area contributed by atoms with Gasteiger partial charge in [0.25, 0.3) is 0 Å². The average Bonchev–Trinajstić information content (AvgIpc) is 2.44. The average molecular weight is 362 g/mol. The Morgan fingerprint density at radius 1 is 1.26 bits per heavy atom. The number of rotatable bonds is 6. The zero-order valence-corrected chi connectivity index (χ0v) is 15.9. The first-order chi connectivity index (χ1) is 10.6. The van der Waals surface area contributed by atoms with Gasteiger partial charge in [-0.2, -0.15) is 0 Å². The molecule has 0 saturated heterocycles. The summed E-state index contributed by atoms with van der Waals surface area (Å²) in [6.45, 7) is 8.07. The standard InChI is InChI=1S/C17H25Cl2NO3/c1-6-12(22-15-13(18)8-7-9-14(15)19)10-11-20(5)16(21)23-17(2,3)4/h7-9,12H,6,10-11H2,1-5H3. The third-order valence-electron chi connectivity index (χ3n) is 3.15. The van der Waals surface area contributed by atoms with Gasteiger partial charge in [0.2, 0.25) is 0 Å². The van der Waals surface area contributed by atoms with Crippen LogP contribution in [0.3, 0.4) is 0 Å². The normalized spacial score (nSPS) is 12.7. The molecule has 0 radical (unpaired) electrons. The first-order valence-corrected chi connectivity index (χ1v) is 8.44. The first-order valence-electron chi connectivity index (χ1n) is 7.68. The Morgan fingerprint density at radius 2 is 1.83 bits per heavy atom. The number of nitrogens with zero attached hydrogens (tertiary/aromatic N) is 1. The highest BCUT2D eigenvalue weighted by molar-refractivity contribution is 6.37. The van der Waals surface area contributed by atoms with Gasteiger partial charge in [-0.05, 0) is 39.3 Å². The maximum Gasteiger partial charge on any atom is 0.410 e.